The molecule has 0 fully saturated rings. The van der Waals surface area contributed by atoms with Gasteiger partial charge in [-0.3, -0.25) is 0 Å². The van der Waals surface area contributed by atoms with Crippen LogP contribution in [0.2, 0.25) is 0 Å². The monoisotopic (exact) mass is 228 g/mol. The summed E-state index contributed by atoms with van der Waals surface area (Å²) in [6.07, 6.45) is 0. The van der Waals surface area contributed by atoms with Gasteiger partial charge in [-0.1, -0.05) is 18.2 Å². The molecule has 0 atom stereocenters. The Morgan fingerprint density at radius 3 is 2.31 bits per heavy atom. The first-order valence-corrected chi connectivity index (χ1v) is 6.21. The van der Waals surface area contributed by atoms with Crippen LogP contribution < -0.4 is 29.6 Å². The molecule has 3 nitrogen and oxygen atoms in total. The van der Waals surface area contributed by atoms with E-state index in [2.05, 4.69) is 0 Å². The Morgan fingerprint density at radius 1 is 1.31 bits per heavy atom. The van der Waals surface area contributed by atoms with Crippen molar-refractivity contribution in [3.05, 3.63) is 30.3 Å². The van der Waals surface area contributed by atoms with Gasteiger partial charge in [0.25, 0.3) is 0 Å². The van der Waals surface area contributed by atoms with E-state index in [1.165, 1.54) is 12.1 Å². The second-order valence-corrected chi connectivity index (χ2v) is 5.91. The predicted molar refractivity (Wildman–Crippen MR) is 49.4 cm³/mol. The maximum Gasteiger partial charge on any atom is 1.00 e. The SMILES string of the molecule is O=S(=O)(SCO)c1ccccc1.[H-].[Na+]. The van der Waals surface area contributed by atoms with Gasteiger partial charge in [0.05, 0.1) is 4.90 Å². The third kappa shape index (κ3) is 4.01. The molecule has 1 aromatic carbocycles. The molecular formula is C7H9NaO3S2. The zero-order valence-corrected chi connectivity index (χ0v) is 10.8. The average Bonchev–Trinajstić information content (AvgIpc) is 2.06. The molecule has 1 rings (SSSR count). The molecule has 1 aromatic rings. The summed E-state index contributed by atoms with van der Waals surface area (Å²) in [5.41, 5.74) is 0. The Hall–Kier alpha value is 0.480. The van der Waals surface area contributed by atoms with Crippen LogP contribution in [0.1, 0.15) is 1.43 Å². The summed E-state index contributed by atoms with van der Waals surface area (Å²) in [5.74, 6) is -0.419. The third-order valence-corrected chi connectivity index (χ3v) is 4.33. The summed E-state index contributed by atoms with van der Waals surface area (Å²) in [5, 5.41) is 8.45. The molecule has 0 aliphatic carbocycles. The summed E-state index contributed by atoms with van der Waals surface area (Å²) >= 11 is 0. The zero-order valence-electron chi connectivity index (χ0n) is 8.17. The molecule has 0 unspecified atom stereocenters. The largest absolute Gasteiger partial charge is 1.00 e. The quantitative estimate of drug-likeness (QED) is 0.376. The summed E-state index contributed by atoms with van der Waals surface area (Å²) in [7, 11) is -2.83. The molecule has 13 heavy (non-hydrogen) atoms. The van der Waals surface area contributed by atoms with Crippen LogP contribution in [0.3, 0.4) is 0 Å². The van der Waals surface area contributed by atoms with Gasteiger partial charge in [-0.15, -0.1) is 0 Å². The minimum absolute atomic E-state index is 0. The van der Waals surface area contributed by atoms with Gasteiger partial charge in [-0.25, -0.2) is 8.42 Å². The average molecular weight is 228 g/mol. The molecule has 0 amide bonds. The number of aliphatic hydroxyl groups excluding tert-OH is 1. The van der Waals surface area contributed by atoms with E-state index in [1.54, 1.807) is 18.2 Å². The molecule has 0 saturated carbocycles. The number of benzene rings is 1. The van der Waals surface area contributed by atoms with Crippen molar-refractivity contribution in [1.82, 2.24) is 0 Å². The van der Waals surface area contributed by atoms with Crippen LogP contribution in [-0.2, 0) is 8.87 Å². The first kappa shape index (κ1) is 13.5. The van der Waals surface area contributed by atoms with Gasteiger partial charge in [0, 0.05) is 10.8 Å². The van der Waals surface area contributed by atoms with Gasteiger partial charge >= 0.3 is 29.6 Å². The smallest absolute Gasteiger partial charge is 1.00 e. The van der Waals surface area contributed by atoms with Gasteiger partial charge in [0.15, 0.2) is 0 Å². The summed E-state index contributed by atoms with van der Waals surface area (Å²) in [6, 6.07) is 8.02. The van der Waals surface area contributed by atoms with Crippen molar-refractivity contribution in [1.29, 1.82) is 0 Å². The van der Waals surface area contributed by atoms with E-state index >= 15 is 0 Å². The Balaban J connectivity index is 0. The van der Waals surface area contributed by atoms with Gasteiger partial charge in [-0.2, -0.15) is 0 Å². The van der Waals surface area contributed by atoms with Crippen LogP contribution in [0, 0.1) is 0 Å². The van der Waals surface area contributed by atoms with Crippen LogP contribution in [0.4, 0.5) is 0 Å². The van der Waals surface area contributed by atoms with E-state index < -0.39 is 14.8 Å². The van der Waals surface area contributed by atoms with Crippen LogP contribution in [-0.4, -0.2) is 19.5 Å². The van der Waals surface area contributed by atoms with Crippen molar-refractivity contribution in [2.45, 2.75) is 4.90 Å². The molecule has 0 aliphatic heterocycles. The zero-order chi connectivity index (χ0) is 9.03. The summed E-state index contributed by atoms with van der Waals surface area (Å²) in [4.78, 5) is 0.226. The van der Waals surface area contributed by atoms with E-state index in [-0.39, 0.29) is 35.9 Å². The van der Waals surface area contributed by atoms with E-state index in [0.717, 1.165) is 0 Å². The molecule has 0 bridgehead atoms. The summed E-state index contributed by atoms with van der Waals surface area (Å²) in [6.45, 7) is 0. The van der Waals surface area contributed by atoms with Crippen molar-refractivity contribution in [2.75, 3.05) is 5.94 Å². The standard InChI is InChI=1S/C7H8O3S2.Na.H/c8-6-11-12(9,10)7-4-2-1-3-5-7;;/h1-5,8H,6H2;;/q;+1;-1. The topological polar surface area (TPSA) is 54.4 Å². The number of aliphatic hydroxyl groups is 1. The molecule has 0 aromatic heterocycles. The number of hydrogen-bond acceptors (Lipinski definition) is 4. The van der Waals surface area contributed by atoms with E-state index in [1.807, 2.05) is 0 Å². The number of rotatable bonds is 3. The molecule has 0 spiro atoms. The van der Waals surface area contributed by atoms with Crippen molar-refractivity contribution in [2.24, 2.45) is 0 Å². The normalized spacial score (nSPS) is 10.5. The second kappa shape index (κ2) is 6.06. The van der Waals surface area contributed by atoms with Crippen LogP contribution in [0.25, 0.3) is 0 Å². The van der Waals surface area contributed by atoms with Gasteiger partial charge in [0.1, 0.15) is 5.94 Å². The Bertz CT molecular complexity index is 341. The molecule has 0 radical (unpaired) electrons. The van der Waals surface area contributed by atoms with Gasteiger partial charge in [0.2, 0.25) is 8.87 Å². The van der Waals surface area contributed by atoms with E-state index in [9.17, 15) is 8.42 Å². The molecule has 1 N–H and O–H groups in total. The van der Waals surface area contributed by atoms with E-state index in [4.69, 9.17) is 5.11 Å². The summed E-state index contributed by atoms with van der Waals surface area (Å²) < 4.78 is 22.5. The van der Waals surface area contributed by atoms with Gasteiger partial charge < -0.3 is 6.53 Å². The van der Waals surface area contributed by atoms with Gasteiger partial charge in [-0.05, 0) is 12.1 Å². The van der Waals surface area contributed by atoms with E-state index in [0.29, 0.717) is 10.8 Å². The molecular weight excluding hydrogens is 219 g/mol. The molecule has 68 valence electrons. The van der Waals surface area contributed by atoms with Crippen molar-refractivity contribution >= 4 is 19.7 Å². The maximum atomic E-state index is 11.2. The van der Waals surface area contributed by atoms with Crippen LogP contribution >= 0.6 is 10.8 Å². The van der Waals surface area contributed by atoms with Crippen molar-refractivity contribution < 1.29 is 44.5 Å². The van der Waals surface area contributed by atoms with Crippen molar-refractivity contribution in [3.8, 4) is 0 Å². The minimum Gasteiger partial charge on any atom is -1.00 e. The third-order valence-electron chi connectivity index (χ3n) is 1.24. The minimum atomic E-state index is -3.34. The molecule has 0 saturated heterocycles. The maximum absolute atomic E-state index is 11.2. The Kier molecular flexibility index (Phi) is 6.28. The molecule has 0 aliphatic rings. The second-order valence-electron chi connectivity index (χ2n) is 2.01. The number of hydrogen-bond donors (Lipinski definition) is 1. The fourth-order valence-corrected chi connectivity index (χ4v) is 2.65. The van der Waals surface area contributed by atoms with Crippen LogP contribution in [0.5, 0.6) is 0 Å². The Labute approximate surface area is 105 Å². The fourth-order valence-electron chi connectivity index (χ4n) is 0.725. The molecule has 6 heteroatoms. The fraction of sp³-hybridized carbons (Fsp3) is 0.143. The van der Waals surface area contributed by atoms with Crippen LogP contribution in [0.15, 0.2) is 35.2 Å². The Morgan fingerprint density at radius 2 is 1.85 bits per heavy atom. The predicted octanol–water partition coefficient (Wildman–Crippen LogP) is -1.83. The first-order chi connectivity index (χ1) is 5.67. The van der Waals surface area contributed by atoms with Crippen molar-refractivity contribution in [3.63, 3.8) is 0 Å². The molecule has 0 heterocycles. The first-order valence-electron chi connectivity index (χ1n) is 3.22.